The van der Waals surface area contributed by atoms with Crippen LogP contribution in [0.1, 0.15) is 56.7 Å². The molecule has 8 nitrogen and oxygen atoms in total. The number of carbonyl (C=O) groups excluding carboxylic acids is 3. The molecule has 0 atom stereocenters. The molecule has 1 aliphatic rings. The van der Waals surface area contributed by atoms with Crippen LogP contribution in [0.2, 0.25) is 0 Å². The SMILES string of the molecule is CCOC(=O)c1c(NC(=O)c2ccc3c(c2)OCO3)sc(C(=O)OC(C)C)c1C. The molecule has 9 heteroatoms. The molecule has 0 bridgehead atoms. The van der Waals surface area contributed by atoms with Gasteiger partial charge in [0.25, 0.3) is 5.91 Å². The van der Waals surface area contributed by atoms with Crippen molar-refractivity contribution in [2.24, 2.45) is 0 Å². The van der Waals surface area contributed by atoms with Gasteiger partial charge >= 0.3 is 11.9 Å². The van der Waals surface area contributed by atoms with Crippen molar-refractivity contribution in [3.8, 4) is 11.5 Å². The topological polar surface area (TPSA) is 100 Å². The Balaban J connectivity index is 1.93. The van der Waals surface area contributed by atoms with Crippen molar-refractivity contribution < 1.29 is 33.3 Å². The first-order chi connectivity index (χ1) is 13.8. The summed E-state index contributed by atoms with van der Waals surface area (Å²) in [4.78, 5) is 37.8. The highest BCUT2D eigenvalue weighted by atomic mass is 32.1. The van der Waals surface area contributed by atoms with Crippen LogP contribution in [-0.4, -0.2) is 37.3 Å². The smallest absolute Gasteiger partial charge is 0.348 e. The summed E-state index contributed by atoms with van der Waals surface area (Å²) in [6.07, 6.45) is -0.318. The minimum Gasteiger partial charge on any atom is -0.462 e. The molecule has 0 saturated carbocycles. The third-order valence-corrected chi connectivity index (χ3v) is 5.20. The van der Waals surface area contributed by atoms with Crippen LogP contribution in [0.3, 0.4) is 0 Å². The van der Waals surface area contributed by atoms with E-state index in [0.717, 1.165) is 11.3 Å². The molecule has 1 aromatic carbocycles. The summed E-state index contributed by atoms with van der Waals surface area (Å²) in [6, 6.07) is 4.77. The maximum atomic E-state index is 12.7. The maximum Gasteiger partial charge on any atom is 0.348 e. The number of anilines is 1. The standard InChI is InChI=1S/C20H21NO7S/c1-5-25-19(23)15-11(4)16(20(24)28-10(2)3)29-18(15)21-17(22)12-6-7-13-14(8-12)27-9-26-13/h6-8,10H,5,9H2,1-4H3,(H,21,22). The Morgan fingerprint density at radius 2 is 1.90 bits per heavy atom. The monoisotopic (exact) mass is 419 g/mol. The summed E-state index contributed by atoms with van der Waals surface area (Å²) in [6.45, 7) is 7.02. The normalized spacial score (nSPS) is 12.0. The highest BCUT2D eigenvalue weighted by Gasteiger charge is 2.28. The predicted octanol–water partition coefficient (Wildman–Crippen LogP) is 3.78. The zero-order valence-corrected chi connectivity index (χ0v) is 17.3. The van der Waals surface area contributed by atoms with Crippen molar-refractivity contribution in [2.45, 2.75) is 33.8 Å². The third-order valence-electron chi connectivity index (χ3n) is 4.02. The number of hydrogen-bond acceptors (Lipinski definition) is 8. The number of nitrogens with one attached hydrogen (secondary N) is 1. The summed E-state index contributed by atoms with van der Waals surface area (Å²) in [7, 11) is 0. The lowest BCUT2D eigenvalue weighted by Crippen LogP contribution is -2.15. The summed E-state index contributed by atoms with van der Waals surface area (Å²) in [5.41, 5.74) is 0.864. The zero-order chi connectivity index (χ0) is 21.1. The molecule has 1 aromatic heterocycles. The molecule has 2 aromatic rings. The fourth-order valence-corrected chi connectivity index (χ4v) is 3.80. The Labute approximate surface area is 171 Å². The highest BCUT2D eigenvalue weighted by Crippen LogP contribution is 2.36. The van der Waals surface area contributed by atoms with Crippen LogP contribution in [0.4, 0.5) is 5.00 Å². The lowest BCUT2D eigenvalue weighted by Gasteiger charge is -2.08. The molecule has 0 saturated heterocycles. The van der Waals surface area contributed by atoms with E-state index in [-0.39, 0.29) is 34.9 Å². The van der Waals surface area contributed by atoms with Gasteiger partial charge in [-0.3, -0.25) is 4.79 Å². The molecule has 154 valence electrons. The van der Waals surface area contributed by atoms with E-state index in [2.05, 4.69) is 5.32 Å². The fraction of sp³-hybridized carbons (Fsp3) is 0.350. The van der Waals surface area contributed by atoms with Crippen molar-refractivity contribution in [1.82, 2.24) is 0 Å². The van der Waals surface area contributed by atoms with Gasteiger partial charge in [0.15, 0.2) is 11.5 Å². The second kappa shape index (κ2) is 8.52. The number of amides is 1. The molecule has 1 amide bonds. The summed E-state index contributed by atoms with van der Waals surface area (Å²) in [5.74, 6) is -0.618. The van der Waals surface area contributed by atoms with Crippen molar-refractivity contribution in [1.29, 1.82) is 0 Å². The van der Waals surface area contributed by atoms with Crippen LogP contribution >= 0.6 is 11.3 Å². The van der Waals surface area contributed by atoms with E-state index < -0.39 is 17.8 Å². The number of thiophene rings is 1. The fourth-order valence-electron chi connectivity index (χ4n) is 2.73. The number of ether oxygens (including phenoxy) is 4. The van der Waals surface area contributed by atoms with Gasteiger partial charge < -0.3 is 24.3 Å². The first-order valence-electron chi connectivity index (χ1n) is 9.04. The average molecular weight is 419 g/mol. The molecule has 0 radical (unpaired) electrons. The molecule has 29 heavy (non-hydrogen) atoms. The average Bonchev–Trinajstić information content (AvgIpc) is 3.24. The number of fused-ring (bicyclic) bond motifs is 1. The van der Waals surface area contributed by atoms with E-state index in [0.29, 0.717) is 22.6 Å². The number of benzene rings is 1. The molecular weight excluding hydrogens is 398 g/mol. The first-order valence-corrected chi connectivity index (χ1v) is 9.86. The maximum absolute atomic E-state index is 12.7. The van der Waals surface area contributed by atoms with Gasteiger partial charge in [0, 0.05) is 5.56 Å². The Morgan fingerprint density at radius 1 is 1.17 bits per heavy atom. The van der Waals surface area contributed by atoms with Gasteiger partial charge in [-0.2, -0.15) is 0 Å². The van der Waals surface area contributed by atoms with Gasteiger partial charge in [-0.15, -0.1) is 11.3 Å². The molecule has 3 rings (SSSR count). The summed E-state index contributed by atoms with van der Waals surface area (Å²) < 4.78 is 20.9. The minimum absolute atomic E-state index is 0.0961. The van der Waals surface area contributed by atoms with Gasteiger partial charge in [0.2, 0.25) is 6.79 Å². The Hall–Kier alpha value is -3.07. The van der Waals surface area contributed by atoms with Gasteiger partial charge in [0.1, 0.15) is 9.88 Å². The quantitative estimate of drug-likeness (QED) is 0.711. The van der Waals surface area contributed by atoms with E-state index in [1.807, 2.05) is 0 Å². The molecule has 0 aliphatic carbocycles. The van der Waals surface area contributed by atoms with Gasteiger partial charge in [-0.1, -0.05) is 0 Å². The van der Waals surface area contributed by atoms with Crippen LogP contribution < -0.4 is 14.8 Å². The van der Waals surface area contributed by atoms with E-state index in [4.69, 9.17) is 18.9 Å². The largest absolute Gasteiger partial charge is 0.462 e. The Morgan fingerprint density at radius 3 is 2.59 bits per heavy atom. The molecule has 0 spiro atoms. The number of carbonyl (C=O) groups is 3. The van der Waals surface area contributed by atoms with Crippen molar-refractivity contribution in [3.63, 3.8) is 0 Å². The van der Waals surface area contributed by atoms with Crippen LogP contribution in [0.5, 0.6) is 11.5 Å². The van der Waals surface area contributed by atoms with E-state index in [1.165, 1.54) is 0 Å². The Kier molecular flexibility index (Phi) is 6.07. The van der Waals surface area contributed by atoms with Crippen LogP contribution in [0.15, 0.2) is 18.2 Å². The molecule has 0 unspecified atom stereocenters. The summed E-state index contributed by atoms with van der Waals surface area (Å²) >= 11 is 0.976. The minimum atomic E-state index is -0.620. The van der Waals surface area contributed by atoms with Gasteiger partial charge in [-0.05, 0) is 51.5 Å². The van der Waals surface area contributed by atoms with E-state index in [1.54, 1.807) is 45.9 Å². The number of hydrogen-bond donors (Lipinski definition) is 1. The van der Waals surface area contributed by atoms with Gasteiger partial charge in [-0.25, -0.2) is 9.59 Å². The van der Waals surface area contributed by atoms with Crippen molar-refractivity contribution in [2.75, 3.05) is 18.7 Å². The molecule has 1 aliphatic heterocycles. The second-order valence-electron chi connectivity index (χ2n) is 6.46. The predicted molar refractivity (Wildman–Crippen MR) is 106 cm³/mol. The van der Waals surface area contributed by atoms with E-state index in [9.17, 15) is 14.4 Å². The third kappa shape index (κ3) is 4.34. The molecule has 1 N–H and O–H groups in total. The molecule has 0 fully saturated rings. The zero-order valence-electron chi connectivity index (χ0n) is 16.5. The van der Waals surface area contributed by atoms with Gasteiger partial charge in [0.05, 0.1) is 18.3 Å². The lowest BCUT2D eigenvalue weighted by molar-refractivity contribution is 0.0383. The molecule has 2 heterocycles. The first kappa shape index (κ1) is 20.7. The lowest BCUT2D eigenvalue weighted by atomic mass is 10.1. The summed E-state index contributed by atoms with van der Waals surface area (Å²) in [5, 5.41) is 2.92. The van der Waals surface area contributed by atoms with E-state index >= 15 is 0 Å². The van der Waals surface area contributed by atoms with Crippen molar-refractivity contribution in [3.05, 3.63) is 39.8 Å². The van der Waals surface area contributed by atoms with Crippen LogP contribution in [0.25, 0.3) is 0 Å². The highest BCUT2D eigenvalue weighted by molar-refractivity contribution is 7.18. The number of rotatable bonds is 6. The second-order valence-corrected chi connectivity index (χ2v) is 7.48. The Bertz CT molecular complexity index is 964. The number of esters is 2. The molecular formula is C20H21NO7S. The van der Waals surface area contributed by atoms with Crippen molar-refractivity contribution >= 4 is 34.2 Å². The van der Waals surface area contributed by atoms with Crippen LogP contribution in [-0.2, 0) is 9.47 Å². The van der Waals surface area contributed by atoms with Crippen LogP contribution in [0, 0.1) is 6.92 Å².